The van der Waals surface area contributed by atoms with Crippen LogP contribution in [-0.2, 0) is 14.8 Å². The van der Waals surface area contributed by atoms with Gasteiger partial charge in [0.2, 0.25) is 15.9 Å². The van der Waals surface area contributed by atoms with Crippen LogP contribution >= 0.6 is 0 Å². The van der Waals surface area contributed by atoms with Crippen LogP contribution in [0.3, 0.4) is 0 Å². The van der Waals surface area contributed by atoms with Crippen molar-refractivity contribution in [1.29, 1.82) is 0 Å². The topological polar surface area (TPSA) is 108 Å². The zero-order valence-electron chi connectivity index (χ0n) is 15.8. The lowest BCUT2D eigenvalue weighted by molar-refractivity contribution is -0.120. The Morgan fingerprint density at radius 3 is 2.63 bits per heavy atom. The number of benzene rings is 1. The minimum absolute atomic E-state index is 0.0663. The number of hydrogen-bond donors (Lipinski definition) is 3. The van der Waals surface area contributed by atoms with E-state index in [0.717, 1.165) is 25.9 Å². The number of nitrogens with zero attached hydrogens (tertiary/aromatic N) is 1. The van der Waals surface area contributed by atoms with Gasteiger partial charge in [-0.05, 0) is 37.6 Å². The summed E-state index contributed by atoms with van der Waals surface area (Å²) in [5.74, 6) is -0.743. The molecule has 2 amide bonds. The standard InChI is InChI=1S/C18H28N4O4S/c1-3-22(4-2)27(25,26)16-9-5-7-14(11-16)18(24)20-13-17(23)21-15-8-6-10-19-12-15/h5,7,9,11,15,19H,3-4,6,8,10,12-13H2,1-2H3,(H,20,24)(H,21,23). The quantitative estimate of drug-likeness (QED) is 0.586. The smallest absolute Gasteiger partial charge is 0.251 e. The van der Waals surface area contributed by atoms with E-state index in [-0.39, 0.29) is 29.0 Å². The van der Waals surface area contributed by atoms with E-state index in [2.05, 4.69) is 16.0 Å². The highest BCUT2D eigenvalue weighted by Crippen LogP contribution is 2.17. The number of sulfonamides is 1. The van der Waals surface area contributed by atoms with Crippen molar-refractivity contribution in [2.45, 2.75) is 37.6 Å². The molecule has 3 N–H and O–H groups in total. The van der Waals surface area contributed by atoms with Gasteiger partial charge < -0.3 is 16.0 Å². The van der Waals surface area contributed by atoms with E-state index in [1.807, 2.05) is 0 Å². The fourth-order valence-electron chi connectivity index (χ4n) is 3.03. The molecular formula is C18H28N4O4S. The molecule has 0 aromatic heterocycles. The maximum atomic E-state index is 12.6. The van der Waals surface area contributed by atoms with E-state index in [1.54, 1.807) is 13.8 Å². The minimum atomic E-state index is -3.64. The number of amides is 2. The van der Waals surface area contributed by atoms with Crippen LogP contribution in [0.25, 0.3) is 0 Å². The van der Waals surface area contributed by atoms with Crippen LogP contribution in [0.1, 0.15) is 37.0 Å². The fourth-order valence-corrected chi connectivity index (χ4v) is 4.53. The van der Waals surface area contributed by atoms with E-state index < -0.39 is 15.9 Å². The summed E-state index contributed by atoms with van der Waals surface area (Å²) in [7, 11) is -3.64. The number of nitrogens with one attached hydrogen (secondary N) is 3. The van der Waals surface area contributed by atoms with Crippen LogP contribution in [0.5, 0.6) is 0 Å². The van der Waals surface area contributed by atoms with E-state index >= 15 is 0 Å². The van der Waals surface area contributed by atoms with Crippen molar-refractivity contribution in [3.8, 4) is 0 Å². The highest BCUT2D eigenvalue weighted by molar-refractivity contribution is 7.89. The Morgan fingerprint density at radius 2 is 2.00 bits per heavy atom. The Bertz CT molecular complexity index is 756. The molecule has 0 saturated carbocycles. The van der Waals surface area contributed by atoms with Crippen LogP contribution in [0.4, 0.5) is 0 Å². The zero-order chi connectivity index (χ0) is 19.9. The van der Waals surface area contributed by atoms with Gasteiger partial charge in [0.05, 0.1) is 11.4 Å². The van der Waals surface area contributed by atoms with Gasteiger partial charge in [0.1, 0.15) is 0 Å². The molecule has 1 aliphatic heterocycles. The number of carbonyl (C=O) groups is 2. The first-order chi connectivity index (χ1) is 12.9. The first kappa shape index (κ1) is 21.3. The molecule has 1 aromatic carbocycles. The second-order valence-corrected chi connectivity index (χ2v) is 8.35. The first-order valence-corrected chi connectivity index (χ1v) is 10.7. The van der Waals surface area contributed by atoms with Crippen molar-refractivity contribution in [1.82, 2.24) is 20.3 Å². The highest BCUT2D eigenvalue weighted by Gasteiger charge is 2.22. The summed E-state index contributed by atoms with van der Waals surface area (Å²) in [4.78, 5) is 24.4. The molecule has 1 aliphatic rings. The van der Waals surface area contributed by atoms with Crippen LogP contribution in [0.15, 0.2) is 29.2 Å². The third-order valence-corrected chi connectivity index (χ3v) is 6.56. The number of carbonyl (C=O) groups excluding carboxylic acids is 2. The molecule has 0 spiro atoms. The van der Waals surface area contributed by atoms with Gasteiger partial charge in [-0.25, -0.2) is 8.42 Å². The normalized spacial score (nSPS) is 17.5. The molecule has 0 bridgehead atoms. The van der Waals surface area contributed by atoms with Gasteiger partial charge in [-0.3, -0.25) is 9.59 Å². The van der Waals surface area contributed by atoms with Crippen molar-refractivity contribution >= 4 is 21.8 Å². The molecule has 0 aliphatic carbocycles. The van der Waals surface area contributed by atoms with Gasteiger partial charge in [-0.15, -0.1) is 0 Å². The Morgan fingerprint density at radius 1 is 1.26 bits per heavy atom. The molecule has 8 nitrogen and oxygen atoms in total. The maximum Gasteiger partial charge on any atom is 0.251 e. The monoisotopic (exact) mass is 396 g/mol. The maximum absolute atomic E-state index is 12.6. The minimum Gasteiger partial charge on any atom is -0.351 e. The van der Waals surface area contributed by atoms with Gasteiger partial charge in [0.25, 0.3) is 5.91 Å². The van der Waals surface area contributed by atoms with Crippen LogP contribution in [0, 0.1) is 0 Å². The molecule has 1 atom stereocenters. The first-order valence-electron chi connectivity index (χ1n) is 9.27. The fraction of sp³-hybridized carbons (Fsp3) is 0.556. The molecule has 27 heavy (non-hydrogen) atoms. The van der Waals surface area contributed by atoms with Crippen molar-refractivity contribution in [2.24, 2.45) is 0 Å². The van der Waals surface area contributed by atoms with Crippen LogP contribution in [0.2, 0.25) is 0 Å². The number of rotatable bonds is 8. The lowest BCUT2D eigenvalue weighted by Crippen LogP contribution is -2.48. The second-order valence-electron chi connectivity index (χ2n) is 6.41. The predicted molar refractivity (Wildman–Crippen MR) is 103 cm³/mol. The average molecular weight is 397 g/mol. The van der Waals surface area contributed by atoms with Crippen molar-refractivity contribution in [2.75, 3.05) is 32.7 Å². The molecule has 0 radical (unpaired) electrons. The Hall–Kier alpha value is -1.97. The molecule has 1 fully saturated rings. The van der Waals surface area contributed by atoms with Crippen molar-refractivity contribution < 1.29 is 18.0 Å². The van der Waals surface area contributed by atoms with Crippen molar-refractivity contribution in [3.63, 3.8) is 0 Å². The van der Waals surface area contributed by atoms with Gasteiger partial charge in [0.15, 0.2) is 0 Å². The summed E-state index contributed by atoms with van der Waals surface area (Å²) in [5.41, 5.74) is 0.204. The Balaban J connectivity index is 1.97. The Kier molecular flexibility index (Phi) is 7.76. The molecule has 1 saturated heterocycles. The van der Waals surface area contributed by atoms with Gasteiger partial charge >= 0.3 is 0 Å². The third kappa shape index (κ3) is 5.75. The lowest BCUT2D eigenvalue weighted by atomic mass is 10.1. The van der Waals surface area contributed by atoms with Crippen LogP contribution in [-0.4, -0.2) is 63.3 Å². The predicted octanol–water partition coefficient (Wildman–Crippen LogP) is 0.315. The van der Waals surface area contributed by atoms with Crippen molar-refractivity contribution in [3.05, 3.63) is 29.8 Å². The summed E-state index contributed by atoms with van der Waals surface area (Å²) < 4.78 is 26.5. The van der Waals surface area contributed by atoms with E-state index in [0.29, 0.717) is 13.1 Å². The van der Waals surface area contributed by atoms with Gasteiger partial charge in [-0.1, -0.05) is 19.9 Å². The van der Waals surface area contributed by atoms with E-state index in [9.17, 15) is 18.0 Å². The molecule has 1 aromatic rings. The Labute approximate surface area is 160 Å². The molecule has 150 valence electrons. The molecule has 2 rings (SSSR count). The molecule has 9 heteroatoms. The summed E-state index contributed by atoms with van der Waals surface area (Å²) in [6.45, 7) is 5.76. The van der Waals surface area contributed by atoms with E-state index in [4.69, 9.17) is 0 Å². The molecule has 1 unspecified atom stereocenters. The summed E-state index contributed by atoms with van der Waals surface area (Å²) in [5, 5.41) is 8.62. The number of hydrogen-bond acceptors (Lipinski definition) is 5. The molecule has 1 heterocycles. The number of piperidine rings is 1. The summed E-state index contributed by atoms with van der Waals surface area (Å²) in [6.07, 6.45) is 1.92. The summed E-state index contributed by atoms with van der Waals surface area (Å²) >= 11 is 0. The molecular weight excluding hydrogens is 368 g/mol. The van der Waals surface area contributed by atoms with Crippen LogP contribution < -0.4 is 16.0 Å². The van der Waals surface area contributed by atoms with E-state index in [1.165, 1.54) is 28.6 Å². The van der Waals surface area contributed by atoms with Gasteiger partial charge in [-0.2, -0.15) is 4.31 Å². The summed E-state index contributed by atoms with van der Waals surface area (Å²) in [6, 6.07) is 5.93. The van der Waals surface area contributed by atoms with Gasteiger partial charge in [0, 0.05) is 31.2 Å². The third-order valence-electron chi connectivity index (χ3n) is 4.51. The second kappa shape index (κ2) is 9.82. The SMILES string of the molecule is CCN(CC)S(=O)(=O)c1cccc(C(=O)NCC(=O)NC2CCCNC2)c1. The lowest BCUT2D eigenvalue weighted by Gasteiger charge is -2.23. The zero-order valence-corrected chi connectivity index (χ0v) is 16.6. The largest absolute Gasteiger partial charge is 0.351 e. The average Bonchev–Trinajstić information content (AvgIpc) is 2.67. The highest BCUT2D eigenvalue weighted by atomic mass is 32.2.